The molecule has 1 aromatic heterocycles. The van der Waals surface area contributed by atoms with Gasteiger partial charge in [-0.15, -0.1) is 0 Å². The van der Waals surface area contributed by atoms with E-state index in [0.717, 1.165) is 44.0 Å². The van der Waals surface area contributed by atoms with Crippen LogP contribution in [0.2, 0.25) is 5.02 Å². The summed E-state index contributed by atoms with van der Waals surface area (Å²) >= 11 is 6.25. The van der Waals surface area contributed by atoms with Crippen molar-refractivity contribution in [3.05, 3.63) is 22.8 Å². The first-order valence-electron chi connectivity index (χ1n) is 6.24. The Morgan fingerprint density at radius 3 is 2.89 bits per heavy atom. The number of ether oxygens (including phenoxy) is 1. The minimum atomic E-state index is 0.699. The highest BCUT2D eigenvalue weighted by Gasteiger charge is 2.08. The number of rotatable bonds is 8. The van der Waals surface area contributed by atoms with Crippen molar-refractivity contribution < 1.29 is 4.74 Å². The van der Waals surface area contributed by atoms with Gasteiger partial charge >= 0.3 is 0 Å². The van der Waals surface area contributed by atoms with Gasteiger partial charge in [-0.05, 0) is 24.6 Å². The van der Waals surface area contributed by atoms with Crippen molar-refractivity contribution in [2.45, 2.75) is 19.9 Å². The van der Waals surface area contributed by atoms with Crippen LogP contribution in [0.4, 0.5) is 5.82 Å². The molecule has 0 unspecified atom stereocenters. The van der Waals surface area contributed by atoms with Gasteiger partial charge in [-0.25, -0.2) is 4.98 Å². The zero-order valence-corrected chi connectivity index (χ0v) is 12.1. The zero-order valence-electron chi connectivity index (χ0n) is 11.4. The van der Waals surface area contributed by atoms with E-state index >= 15 is 0 Å². The second-order valence-corrected chi connectivity index (χ2v) is 4.60. The van der Waals surface area contributed by atoms with Gasteiger partial charge in [0, 0.05) is 40.1 Å². The van der Waals surface area contributed by atoms with Crippen molar-refractivity contribution in [2.75, 3.05) is 38.8 Å². The molecule has 1 aromatic rings. The van der Waals surface area contributed by atoms with Gasteiger partial charge in [0.2, 0.25) is 0 Å². The number of pyridine rings is 1. The Hall–Kier alpha value is -0.840. The quantitative estimate of drug-likeness (QED) is 0.737. The molecule has 0 atom stereocenters. The minimum absolute atomic E-state index is 0.699. The van der Waals surface area contributed by atoms with Crippen LogP contribution in [0.15, 0.2) is 12.3 Å². The molecule has 0 aromatic carbocycles. The summed E-state index contributed by atoms with van der Waals surface area (Å²) in [5, 5.41) is 3.95. The molecule has 5 heteroatoms. The van der Waals surface area contributed by atoms with Gasteiger partial charge < -0.3 is 15.0 Å². The zero-order chi connectivity index (χ0) is 13.4. The number of hydrogen-bond acceptors (Lipinski definition) is 4. The van der Waals surface area contributed by atoms with Gasteiger partial charge in [-0.2, -0.15) is 0 Å². The maximum atomic E-state index is 6.25. The topological polar surface area (TPSA) is 37.4 Å². The van der Waals surface area contributed by atoms with Crippen LogP contribution in [-0.2, 0) is 11.3 Å². The Bertz CT molecular complexity index is 360. The Labute approximate surface area is 114 Å². The molecule has 0 aliphatic heterocycles. The van der Waals surface area contributed by atoms with E-state index in [0.29, 0.717) is 5.02 Å². The fraction of sp³-hybridized carbons (Fsp3) is 0.615. The average Bonchev–Trinajstić information content (AvgIpc) is 2.36. The van der Waals surface area contributed by atoms with Gasteiger partial charge in [0.05, 0.1) is 5.02 Å². The molecule has 4 nitrogen and oxygen atoms in total. The summed E-state index contributed by atoms with van der Waals surface area (Å²) in [4.78, 5) is 6.48. The SMILES string of the molecule is CCNCc1cnc(N(C)CCCOC)c(Cl)c1. The maximum Gasteiger partial charge on any atom is 0.147 e. The maximum absolute atomic E-state index is 6.25. The summed E-state index contributed by atoms with van der Waals surface area (Å²) < 4.78 is 5.03. The molecule has 0 fully saturated rings. The van der Waals surface area contributed by atoms with Gasteiger partial charge in [0.1, 0.15) is 5.82 Å². The van der Waals surface area contributed by atoms with Crippen LogP contribution in [0.5, 0.6) is 0 Å². The van der Waals surface area contributed by atoms with Crippen molar-refractivity contribution in [1.29, 1.82) is 0 Å². The van der Waals surface area contributed by atoms with Crippen LogP contribution in [0.25, 0.3) is 0 Å². The van der Waals surface area contributed by atoms with Crippen molar-refractivity contribution >= 4 is 17.4 Å². The Kier molecular flexibility index (Phi) is 7.01. The molecule has 0 aliphatic rings. The van der Waals surface area contributed by atoms with Gasteiger partial charge in [-0.3, -0.25) is 0 Å². The smallest absolute Gasteiger partial charge is 0.147 e. The second-order valence-electron chi connectivity index (χ2n) is 4.20. The van der Waals surface area contributed by atoms with E-state index in [2.05, 4.69) is 22.1 Å². The lowest BCUT2D eigenvalue weighted by Gasteiger charge is -2.19. The molecular formula is C13H22ClN3O. The van der Waals surface area contributed by atoms with Crippen LogP contribution in [0, 0.1) is 0 Å². The molecule has 1 heterocycles. The lowest BCUT2D eigenvalue weighted by Crippen LogP contribution is -2.21. The third kappa shape index (κ3) is 4.80. The molecule has 0 spiro atoms. The molecule has 0 saturated heterocycles. The standard InChI is InChI=1S/C13H22ClN3O/c1-4-15-9-11-8-12(14)13(16-10-11)17(2)6-5-7-18-3/h8,10,15H,4-7,9H2,1-3H3. The number of halogens is 1. The number of aromatic nitrogens is 1. The molecule has 18 heavy (non-hydrogen) atoms. The van der Waals surface area contributed by atoms with E-state index in [1.807, 2.05) is 19.3 Å². The highest BCUT2D eigenvalue weighted by atomic mass is 35.5. The van der Waals surface area contributed by atoms with Crippen LogP contribution in [0.3, 0.4) is 0 Å². The van der Waals surface area contributed by atoms with E-state index in [4.69, 9.17) is 16.3 Å². The Balaban J connectivity index is 2.60. The number of hydrogen-bond donors (Lipinski definition) is 1. The fourth-order valence-electron chi connectivity index (χ4n) is 1.67. The molecular weight excluding hydrogens is 250 g/mol. The molecule has 0 bridgehead atoms. The van der Waals surface area contributed by atoms with E-state index in [-0.39, 0.29) is 0 Å². The van der Waals surface area contributed by atoms with Crippen molar-refractivity contribution in [3.8, 4) is 0 Å². The van der Waals surface area contributed by atoms with Crippen molar-refractivity contribution in [1.82, 2.24) is 10.3 Å². The van der Waals surface area contributed by atoms with Crippen molar-refractivity contribution in [3.63, 3.8) is 0 Å². The van der Waals surface area contributed by atoms with Gasteiger partial charge in [-0.1, -0.05) is 18.5 Å². The highest BCUT2D eigenvalue weighted by Crippen LogP contribution is 2.23. The average molecular weight is 272 g/mol. The minimum Gasteiger partial charge on any atom is -0.385 e. The third-order valence-corrected chi connectivity index (χ3v) is 2.94. The van der Waals surface area contributed by atoms with Crippen LogP contribution in [-0.4, -0.2) is 38.8 Å². The Morgan fingerprint density at radius 2 is 2.28 bits per heavy atom. The normalized spacial score (nSPS) is 10.7. The highest BCUT2D eigenvalue weighted by molar-refractivity contribution is 6.33. The number of nitrogens with zero attached hydrogens (tertiary/aromatic N) is 2. The van der Waals surface area contributed by atoms with Crippen LogP contribution in [0.1, 0.15) is 18.9 Å². The van der Waals surface area contributed by atoms with E-state index in [9.17, 15) is 0 Å². The first-order valence-corrected chi connectivity index (χ1v) is 6.62. The molecule has 0 aliphatic carbocycles. The predicted molar refractivity (Wildman–Crippen MR) is 76.4 cm³/mol. The first-order chi connectivity index (χ1) is 8.69. The molecule has 1 N–H and O–H groups in total. The number of methoxy groups -OCH3 is 1. The lowest BCUT2D eigenvalue weighted by atomic mass is 10.2. The summed E-state index contributed by atoms with van der Waals surface area (Å²) in [6, 6.07) is 1.97. The largest absolute Gasteiger partial charge is 0.385 e. The van der Waals surface area contributed by atoms with E-state index in [1.165, 1.54) is 0 Å². The molecule has 0 amide bonds. The Morgan fingerprint density at radius 1 is 1.50 bits per heavy atom. The summed E-state index contributed by atoms with van der Waals surface area (Å²) in [7, 11) is 3.70. The van der Waals surface area contributed by atoms with E-state index in [1.54, 1.807) is 7.11 Å². The summed E-state index contributed by atoms with van der Waals surface area (Å²) in [6.07, 6.45) is 2.83. The third-order valence-electron chi connectivity index (χ3n) is 2.66. The van der Waals surface area contributed by atoms with E-state index < -0.39 is 0 Å². The predicted octanol–water partition coefficient (Wildman–Crippen LogP) is 2.32. The fourth-order valence-corrected chi connectivity index (χ4v) is 2.00. The second kappa shape index (κ2) is 8.29. The first kappa shape index (κ1) is 15.2. The molecule has 0 radical (unpaired) electrons. The van der Waals surface area contributed by atoms with Gasteiger partial charge in [0.25, 0.3) is 0 Å². The lowest BCUT2D eigenvalue weighted by molar-refractivity contribution is 0.196. The summed E-state index contributed by atoms with van der Waals surface area (Å²) in [5.41, 5.74) is 1.11. The number of nitrogens with one attached hydrogen (secondary N) is 1. The molecule has 102 valence electrons. The monoisotopic (exact) mass is 271 g/mol. The van der Waals surface area contributed by atoms with Gasteiger partial charge in [0.15, 0.2) is 0 Å². The molecule has 0 saturated carbocycles. The number of anilines is 1. The molecule has 1 rings (SSSR count). The summed E-state index contributed by atoms with van der Waals surface area (Å²) in [6.45, 7) is 5.45. The van der Waals surface area contributed by atoms with Crippen LogP contribution < -0.4 is 10.2 Å². The van der Waals surface area contributed by atoms with Crippen LogP contribution >= 0.6 is 11.6 Å². The summed E-state index contributed by atoms with van der Waals surface area (Å²) in [5.74, 6) is 0.827. The van der Waals surface area contributed by atoms with Crippen molar-refractivity contribution in [2.24, 2.45) is 0 Å².